The minimum Gasteiger partial charge on any atom is -0.383 e. The Labute approximate surface area is 203 Å². The number of rotatable bonds is 9. The molecule has 180 valence electrons. The van der Waals surface area contributed by atoms with Crippen molar-refractivity contribution in [2.24, 2.45) is 0 Å². The molecule has 0 bridgehead atoms. The molecule has 4 aromatic rings. The predicted octanol–water partition coefficient (Wildman–Crippen LogP) is 2.98. The van der Waals surface area contributed by atoms with E-state index in [-0.39, 0.29) is 18.4 Å². The minimum absolute atomic E-state index is 0.0826. The summed E-state index contributed by atoms with van der Waals surface area (Å²) in [6.45, 7) is 4.51. The van der Waals surface area contributed by atoms with Gasteiger partial charge in [0.2, 0.25) is 11.8 Å². The number of hydrogen-bond donors (Lipinski definition) is 1. The number of anilines is 1. The summed E-state index contributed by atoms with van der Waals surface area (Å²) in [6, 6.07) is 15.8. The van der Waals surface area contributed by atoms with Gasteiger partial charge in [0.15, 0.2) is 0 Å². The molecule has 9 nitrogen and oxygen atoms in total. The molecule has 1 N–H and O–H groups in total. The summed E-state index contributed by atoms with van der Waals surface area (Å²) < 4.78 is 6.65. The van der Waals surface area contributed by atoms with Gasteiger partial charge in [-0.05, 0) is 55.3 Å². The van der Waals surface area contributed by atoms with Gasteiger partial charge < -0.3 is 10.1 Å². The third-order valence-corrected chi connectivity index (χ3v) is 5.72. The average Bonchev–Trinajstić information content (AvgIpc) is 3.26. The Bertz CT molecular complexity index is 1320. The standard InChI is InChI=1S/C26H28N6O3/c1-18-8-9-22(19(2)16-18)32(24(33)17-31-23-7-5-4-6-21(23)29-30-31)25(20-10-12-27-13-11-20)26(34)28-14-15-35-3/h4-13,16,25H,14-15,17H2,1-3H3,(H,28,34). The van der Waals surface area contributed by atoms with E-state index in [0.717, 1.165) is 16.6 Å². The van der Waals surface area contributed by atoms with E-state index in [0.29, 0.717) is 29.9 Å². The number of ether oxygens (including phenoxy) is 1. The van der Waals surface area contributed by atoms with Crippen LogP contribution in [0.4, 0.5) is 5.69 Å². The normalized spacial score (nSPS) is 11.9. The van der Waals surface area contributed by atoms with Gasteiger partial charge in [0, 0.05) is 31.7 Å². The van der Waals surface area contributed by atoms with Crippen molar-refractivity contribution >= 4 is 28.5 Å². The fourth-order valence-electron chi connectivity index (χ4n) is 4.07. The number of amides is 2. The third kappa shape index (κ3) is 5.36. The van der Waals surface area contributed by atoms with E-state index in [4.69, 9.17) is 4.74 Å². The van der Waals surface area contributed by atoms with Gasteiger partial charge in [0.1, 0.15) is 18.1 Å². The highest BCUT2D eigenvalue weighted by atomic mass is 16.5. The molecule has 2 heterocycles. The lowest BCUT2D eigenvalue weighted by atomic mass is 10.0. The zero-order valence-corrected chi connectivity index (χ0v) is 20.0. The number of pyridine rings is 1. The van der Waals surface area contributed by atoms with Crippen molar-refractivity contribution in [1.29, 1.82) is 0 Å². The van der Waals surface area contributed by atoms with E-state index < -0.39 is 6.04 Å². The summed E-state index contributed by atoms with van der Waals surface area (Å²) in [5.74, 6) is -0.610. The lowest BCUT2D eigenvalue weighted by Gasteiger charge is -2.32. The Morgan fingerprint density at radius 1 is 1.09 bits per heavy atom. The molecule has 9 heteroatoms. The van der Waals surface area contributed by atoms with Crippen molar-refractivity contribution in [2.75, 3.05) is 25.2 Å². The van der Waals surface area contributed by atoms with Gasteiger partial charge in [-0.1, -0.05) is 35.0 Å². The summed E-state index contributed by atoms with van der Waals surface area (Å²) in [6.07, 6.45) is 3.22. The number of methoxy groups -OCH3 is 1. The Hall–Kier alpha value is -4.11. The molecule has 0 spiro atoms. The molecule has 0 radical (unpaired) electrons. The first-order valence-electron chi connectivity index (χ1n) is 11.3. The first-order chi connectivity index (χ1) is 17.0. The molecule has 1 unspecified atom stereocenters. The third-order valence-electron chi connectivity index (χ3n) is 5.72. The van der Waals surface area contributed by atoms with Crippen LogP contribution in [0.3, 0.4) is 0 Å². The maximum atomic E-state index is 14.0. The van der Waals surface area contributed by atoms with E-state index >= 15 is 0 Å². The molecular formula is C26H28N6O3. The van der Waals surface area contributed by atoms with Crippen molar-refractivity contribution in [2.45, 2.75) is 26.4 Å². The number of nitrogens with one attached hydrogen (secondary N) is 1. The number of aryl methyl sites for hydroxylation is 2. The molecule has 2 aromatic carbocycles. The van der Waals surface area contributed by atoms with Crippen LogP contribution >= 0.6 is 0 Å². The monoisotopic (exact) mass is 472 g/mol. The van der Waals surface area contributed by atoms with Crippen LogP contribution in [0.5, 0.6) is 0 Å². The summed E-state index contributed by atoms with van der Waals surface area (Å²) in [5.41, 5.74) is 4.67. The molecule has 0 saturated carbocycles. The van der Waals surface area contributed by atoms with Crippen LogP contribution in [0.25, 0.3) is 11.0 Å². The fraction of sp³-hybridized carbons (Fsp3) is 0.269. The van der Waals surface area contributed by atoms with E-state index in [9.17, 15) is 9.59 Å². The summed E-state index contributed by atoms with van der Waals surface area (Å²) in [5, 5.41) is 11.2. The Morgan fingerprint density at radius 2 is 1.86 bits per heavy atom. The molecule has 2 amide bonds. The van der Waals surface area contributed by atoms with Crippen LogP contribution in [-0.2, 0) is 20.9 Å². The number of carbonyl (C=O) groups is 2. The first-order valence-corrected chi connectivity index (χ1v) is 11.3. The van der Waals surface area contributed by atoms with Crippen LogP contribution in [-0.4, -0.2) is 52.1 Å². The lowest BCUT2D eigenvalue weighted by Crippen LogP contribution is -2.46. The molecule has 0 aliphatic rings. The maximum absolute atomic E-state index is 14.0. The van der Waals surface area contributed by atoms with E-state index in [2.05, 4.69) is 20.6 Å². The Kier molecular flexibility index (Phi) is 7.47. The van der Waals surface area contributed by atoms with Crippen LogP contribution in [0.2, 0.25) is 0 Å². The molecule has 0 aliphatic heterocycles. The van der Waals surface area contributed by atoms with Crippen molar-refractivity contribution in [1.82, 2.24) is 25.3 Å². The van der Waals surface area contributed by atoms with E-state index in [1.54, 1.807) is 41.2 Å². The quantitative estimate of drug-likeness (QED) is 0.376. The zero-order valence-electron chi connectivity index (χ0n) is 20.0. The number of benzene rings is 2. The fourth-order valence-corrected chi connectivity index (χ4v) is 4.07. The highest BCUT2D eigenvalue weighted by molar-refractivity contribution is 6.02. The predicted molar refractivity (Wildman–Crippen MR) is 133 cm³/mol. The topological polar surface area (TPSA) is 102 Å². The molecular weight excluding hydrogens is 444 g/mol. The molecule has 1 atom stereocenters. The van der Waals surface area contributed by atoms with Crippen molar-refractivity contribution < 1.29 is 14.3 Å². The van der Waals surface area contributed by atoms with Crippen LogP contribution < -0.4 is 10.2 Å². The maximum Gasteiger partial charge on any atom is 0.249 e. The zero-order chi connectivity index (χ0) is 24.8. The van der Waals surface area contributed by atoms with Crippen molar-refractivity contribution in [3.8, 4) is 0 Å². The van der Waals surface area contributed by atoms with Crippen LogP contribution in [0.15, 0.2) is 67.0 Å². The van der Waals surface area contributed by atoms with Crippen molar-refractivity contribution in [3.05, 3.63) is 83.7 Å². The Balaban J connectivity index is 1.79. The average molecular weight is 473 g/mol. The van der Waals surface area contributed by atoms with Gasteiger partial charge in [0.05, 0.1) is 12.1 Å². The molecule has 0 saturated heterocycles. The van der Waals surface area contributed by atoms with Gasteiger partial charge in [-0.25, -0.2) is 4.68 Å². The summed E-state index contributed by atoms with van der Waals surface area (Å²) in [7, 11) is 1.57. The second kappa shape index (κ2) is 10.9. The van der Waals surface area contributed by atoms with Gasteiger partial charge in [-0.3, -0.25) is 19.5 Å². The molecule has 0 aliphatic carbocycles. The first kappa shape index (κ1) is 24.0. The number of hydrogen-bond acceptors (Lipinski definition) is 6. The highest BCUT2D eigenvalue weighted by Gasteiger charge is 2.34. The van der Waals surface area contributed by atoms with Gasteiger partial charge >= 0.3 is 0 Å². The summed E-state index contributed by atoms with van der Waals surface area (Å²) in [4.78, 5) is 33.1. The number of carbonyl (C=O) groups excluding carboxylic acids is 2. The SMILES string of the molecule is COCCNC(=O)C(c1ccncc1)N(C(=O)Cn1nnc2ccccc21)c1ccc(C)cc1C. The molecule has 4 rings (SSSR count). The van der Waals surface area contributed by atoms with E-state index in [1.165, 1.54) is 0 Å². The largest absolute Gasteiger partial charge is 0.383 e. The highest BCUT2D eigenvalue weighted by Crippen LogP contribution is 2.31. The van der Waals surface area contributed by atoms with Gasteiger partial charge in [0.25, 0.3) is 0 Å². The van der Waals surface area contributed by atoms with Crippen LogP contribution in [0.1, 0.15) is 22.7 Å². The van der Waals surface area contributed by atoms with Crippen LogP contribution in [0, 0.1) is 13.8 Å². The van der Waals surface area contributed by atoms with Crippen molar-refractivity contribution in [3.63, 3.8) is 0 Å². The number of aromatic nitrogens is 4. The molecule has 0 fully saturated rings. The Morgan fingerprint density at radius 3 is 2.60 bits per heavy atom. The number of para-hydroxylation sites is 1. The molecule has 35 heavy (non-hydrogen) atoms. The molecule has 2 aromatic heterocycles. The van der Waals surface area contributed by atoms with Gasteiger partial charge in [-0.15, -0.1) is 5.10 Å². The second-order valence-electron chi connectivity index (χ2n) is 8.26. The minimum atomic E-state index is -0.918. The van der Waals surface area contributed by atoms with Gasteiger partial charge in [-0.2, -0.15) is 0 Å². The number of fused-ring (bicyclic) bond motifs is 1. The number of nitrogens with zero attached hydrogens (tertiary/aromatic N) is 5. The smallest absolute Gasteiger partial charge is 0.249 e. The lowest BCUT2D eigenvalue weighted by molar-refractivity contribution is -0.127. The summed E-state index contributed by atoms with van der Waals surface area (Å²) >= 11 is 0. The van der Waals surface area contributed by atoms with E-state index in [1.807, 2.05) is 56.3 Å². The second-order valence-corrected chi connectivity index (χ2v) is 8.26.